The average molecular weight is 419 g/mol. The lowest BCUT2D eigenvalue weighted by molar-refractivity contribution is -0.143. The number of carbonyl (C=O) groups excluding carboxylic acids is 3. The maximum absolute atomic E-state index is 12.1. The van der Waals surface area contributed by atoms with Crippen LogP contribution in [-0.4, -0.2) is 41.3 Å². The Bertz CT molecular complexity index is 1090. The molecule has 0 saturated carbocycles. The SMILES string of the molecule is COc1ccccc1C(=O)NC(=O)COC(=O)/C=C/c1cnn(Cc2ccccc2)c1. The summed E-state index contributed by atoms with van der Waals surface area (Å²) in [4.78, 5) is 35.9. The highest BCUT2D eigenvalue weighted by molar-refractivity contribution is 6.06. The van der Waals surface area contributed by atoms with Crippen molar-refractivity contribution in [2.24, 2.45) is 0 Å². The number of methoxy groups -OCH3 is 1. The van der Waals surface area contributed by atoms with Gasteiger partial charge in [0.05, 0.1) is 25.4 Å². The first kappa shape index (κ1) is 21.5. The molecule has 31 heavy (non-hydrogen) atoms. The summed E-state index contributed by atoms with van der Waals surface area (Å²) in [5, 5.41) is 6.39. The zero-order valence-electron chi connectivity index (χ0n) is 16.9. The summed E-state index contributed by atoms with van der Waals surface area (Å²) < 4.78 is 11.7. The first-order chi connectivity index (χ1) is 15.0. The monoisotopic (exact) mass is 419 g/mol. The van der Waals surface area contributed by atoms with Crippen molar-refractivity contribution in [1.82, 2.24) is 15.1 Å². The lowest BCUT2D eigenvalue weighted by Crippen LogP contribution is -2.34. The number of ether oxygens (including phenoxy) is 2. The van der Waals surface area contributed by atoms with Crippen LogP contribution in [0.1, 0.15) is 21.5 Å². The molecule has 0 unspecified atom stereocenters. The van der Waals surface area contributed by atoms with Gasteiger partial charge < -0.3 is 9.47 Å². The number of para-hydroxylation sites is 1. The second-order valence-electron chi connectivity index (χ2n) is 6.48. The fraction of sp³-hybridized carbons (Fsp3) is 0.130. The Morgan fingerprint density at radius 2 is 1.81 bits per heavy atom. The van der Waals surface area contributed by atoms with Gasteiger partial charge in [0, 0.05) is 17.8 Å². The van der Waals surface area contributed by atoms with E-state index in [2.05, 4.69) is 10.4 Å². The zero-order chi connectivity index (χ0) is 22.1. The van der Waals surface area contributed by atoms with Crippen LogP contribution >= 0.6 is 0 Å². The third-order valence-electron chi connectivity index (χ3n) is 4.20. The molecule has 1 N–H and O–H groups in total. The molecule has 0 aliphatic heterocycles. The third kappa shape index (κ3) is 6.40. The number of nitrogens with one attached hydrogen (secondary N) is 1. The van der Waals surface area contributed by atoms with Crippen LogP contribution in [0.3, 0.4) is 0 Å². The van der Waals surface area contributed by atoms with Gasteiger partial charge in [-0.25, -0.2) is 4.79 Å². The molecule has 0 radical (unpaired) electrons. The molecule has 1 aromatic heterocycles. The molecule has 3 aromatic rings. The summed E-state index contributed by atoms with van der Waals surface area (Å²) >= 11 is 0. The van der Waals surface area contributed by atoms with Gasteiger partial charge in [-0.15, -0.1) is 0 Å². The van der Waals surface area contributed by atoms with E-state index in [9.17, 15) is 14.4 Å². The first-order valence-corrected chi connectivity index (χ1v) is 9.43. The summed E-state index contributed by atoms with van der Waals surface area (Å²) in [5.74, 6) is -1.76. The highest BCUT2D eigenvalue weighted by atomic mass is 16.5. The van der Waals surface area contributed by atoms with Gasteiger partial charge in [0.2, 0.25) is 0 Å². The van der Waals surface area contributed by atoms with E-state index in [1.807, 2.05) is 30.3 Å². The molecule has 158 valence electrons. The first-order valence-electron chi connectivity index (χ1n) is 9.43. The van der Waals surface area contributed by atoms with Gasteiger partial charge in [-0.1, -0.05) is 42.5 Å². The molecule has 8 nitrogen and oxygen atoms in total. The molecular weight excluding hydrogens is 398 g/mol. The number of rotatable bonds is 8. The number of amides is 2. The Hall–Kier alpha value is -4.20. The lowest BCUT2D eigenvalue weighted by Gasteiger charge is -2.08. The van der Waals surface area contributed by atoms with E-state index in [4.69, 9.17) is 9.47 Å². The number of aromatic nitrogens is 2. The number of carbonyl (C=O) groups is 3. The third-order valence-corrected chi connectivity index (χ3v) is 4.20. The standard InChI is InChI=1S/C23H21N3O5/c1-30-20-10-6-5-9-19(20)23(29)25-21(27)16-31-22(28)12-11-18-13-24-26(15-18)14-17-7-3-2-4-8-17/h2-13,15H,14,16H2,1H3,(H,25,27,29)/b12-11+. The second kappa shape index (κ2) is 10.5. The van der Waals surface area contributed by atoms with Crippen molar-refractivity contribution in [3.63, 3.8) is 0 Å². The average Bonchev–Trinajstić information content (AvgIpc) is 3.24. The fourth-order valence-corrected chi connectivity index (χ4v) is 2.73. The van der Waals surface area contributed by atoms with Gasteiger partial charge >= 0.3 is 5.97 Å². The van der Waals surface area contributed by atoms with Crippen molar-refractivity contribution >= 4 is 23.9 Å². The van der Waals surface area contributed by atoms with Crippen LogP contribution in [0.2, 0.25) is 0 Å². The number of imide groups is 1. The van der Waals surface area contributed by atoms with Crippen LogP contribution in [0.15, 0.2) is 73.1 Å². The fourth-order valence-electron chi connectivity index (χ4n) is 2.73. The normalized spacial score (nSPS) is 10.6. The van der Waals surface area contributed by atoms with E-state index in [1.165, 1.54) is 25.3 Å². The van der Waals surface area contributed by atoms with Crippen molar-refractivity contribution in [2.45, 2.75) is 6.54 Å². The van der Waals surface area contributed by atoms with Crippen LogP contribution in [0, 0.1) is 0 Å². The Morgan fingerprint density at radius 1 is 1.06 bits per heavy atom. The smallest absolute Gasteiger partial charge is 0.331 e. The largest absolute Gasteiger partial charge is 0.496 e. The molecule has 2 amide bonds. The van der Waals surface area contributed by atoms with Crippen molar-refractivity contribution in [2.75, 3.05) is 13.7 Å². The van der Waals surface area contributed by atoms with Gasteiger partial charge in [0.1, 0.15) is 5.75 Å². The van der Waals surface area contributed by atoms with Crippen molar-refractivity contribution in [3.8, 4) is 5.75 Å². The Labute approximate surface area is 179 Å². The Morgan fingerprint density at radius 3 is 2.58 bits per heavy atom. The number of benzene rings is 2. The Kier molecular flexibility index (Phi) is 7.31. The molecule has 2 aromatic carbocycles. The van der Waals surface area contributed by atoms with Gasteiger partial charge in [0.25, 0.3) is 11.8 Å². The maximum atomic E-state index is 12.1. The van der Waals surface area contributed by atoms with E-state index >= 15 is 0 Å². The number of hydrogen-bond donors (Lipinski definition) is 1. The quantitative estimate of drug-likeness (QED) is 0.445. The minimum atomic E-state index is -0.742. The number of hydrogen-bond acceptors (Lipinski definition) is 6. The minimum Gasteiger partial charge on any atom is -0.496 e. The van der Waals surface area contributed by atoms with Gasteiger partial charge in [0.15, 0.2) is 6.61 Å². The van der Waals surface area contributed by atoms with Crippen LogP contribution in [0.25, 0.3) is 6.08 Å². The topological polar surface area (TPSA) is 99.5 Å². The highest BCUT2D eigenvalue weighted by Gasteiger charge is 2.15. The van der Waals surface area contributed by atoms with Crippen molar-refractivity contribution < 1.29 is 23.9 Å². The molecule has 1 heterocycles. The molecule has 0 aliphatic carbocycles. The van der Waals surface area contributed by atoms with E-state index in [0.717, 1.165) is 5.56 Å². The van der Waals surface area contributed by atoms with Crippen molar-refractivity contribution in [3.05, 3.63) is 89.8 Å². The second-order valence-corrected chi connectivity index (χ2v) is 6.48. The highest BCUT2D eigenvalue weighted by Crippen LogP contribution is 2.16. The number of nitrogens with zero attached hydrogens (tertiary/aromatic N) is 2. The minimum absolute atomic E-state index is 0.206. The molecule has 0 aliphatic rings. The lowest BCUT2D eigenvalue weighted by atomic mass is 10.2. The van der Waals surface area contributed by atoms with Gasteiger partial charge in [-0.2, -0.15) is 5.10 Å². The zero-order valence-corrected chi connectivity index (χ0v) is 16.9. The van der Waals surface area contributed by atoms with Crippen LogP contribution in [0.5, 0.6) is 5.75 Å². The van der Waals surface area contributed by atoms with Gasteiger partial charge in [-0.05, 0) is 23.8 Å². The summed E-state index contributed by atoms with van der Waals surface area (Å²) in [6, 6.07) is 16.3. The van der Waals surface area contributed by atoms with Gasteiger partial charge in [-0.3, -0.25) is 19.6 Å². The molecule has 0 saturated heterocycles. The molecule has 0 fully saturated rings. The predicted molar refractivity (Wildman–Crippen MR) is 113 cm³/mol. The number of esters is 1. The molecule has 0 bridgehead atoms. The predicted octanol–water partition coefficient (Wildman–Crippen LogP) is 2.45. The van der Waals surface area contributed by atoms with E-state index in [-0.39, 0.29) is 5.56 Å². The van der Waals surface area contributed by atoms with Crippen LogP contribution in [0.4, 0.5) is 0 Å². The molecule has 8 heteroatoms. The molecular formula is C23H21N3O5. The molecule has 3 rings (SSSR count). The summed E-state index contributed by atoms with van der Waals surface area (Å²) in [6.45, 7) is 0.0247. The van der Waals surface area contributed by atoms with E-state index in [1.54, 1.807) is 35.3 Å². The molecule has 0 spiro atoms. The van der Waals surface area contributed by atoms with Crippen LogP contribution < -0.4 is 10.1 Å². The van der Waals surface area contributed by atoms with E-state index in [0.29, 0.717) is 17.9 Å². The molecule has 0 atom stereocenters. The van der Waals surface area contributed by atoms with Crippen molar-refractivity contribution in [1.29, 1.82) is 0 Å². The Balaban J connectivity index is 1.46. The summed E-state index contributed by atoms with van der Waals surface area (Å²) in [5.41, 5.74) is 2.02. The summed E-state index contributed by atoms with van der Waals surface area (Å²) in [7, 11) is 1.42. The maximum Gasteiger partial charge on any atom is 0.331 e. The van der Waals surface area contributed by atoms with E-state index < -0.39 is 24.4 Å². The van der Waals surface area contributed by atoms with Crippen LogP contribution in [-0.2, 0) is 20.9 Å². The summed E-state index contributed by atoms with van der Waals surface area (Å²) in [6.07, 6.45) is 6.13.